The minimum absolute atomic E-state index is 0.0521. The molecule has 0 bridgehead atoms. The van der Waals surface area contributed by atoms with Crippen molar-refractivity contribution >= 4 is 0 Å². The summed E-state index contributed by atoms with van der Waals surface area (Å²) >= 11 is 0. The summed E-state index contributed by atoms with van der Waals surface area (Å²) in [4.78, 5) is 0. The van der Waals surface area contributed by atoms with Gasteiger partial charge in [0.15, 0.2) is 6.29 Å². The van der Waals surface area contributed by atoms with Crippen LogP contribution in [0.3, 0.4) is 0 Å². The topological polar surface area (TPSA) is 39.7 Å². The summed E-state index contributed by atoms with van der Waals surface area (Å²) in [6, 6.07) is 4.52. The van der Waals surface area contributed by atoms with Crippen molar-refractivity contribution in [1.29, 1.82) is 0 Å². The Bertz CT molecular complexity index is 422. The number of rotatable bonds is 7. The molecule has 1 fully saturated rings. The van der Waals surface area contributed by atoms with Crippen LogP contribution in [0, 0.1) is 5.82 Å². The molecule has 0 amide bonds. The first kappa shape index (κ1) is 15.2. The molecule has 20 heavy (non-hydrogen) atoms. The zero-order valence-corrected chi connectivity index (χ0v) is 12.0. The number of ether oxygens (including phenoxy) is 3. The molecule has 1 unspecified atom stereocenters. The van der Waals surface area contributed by atoms with Gasteiger partial charge in [-0.3, -0.25) is 0 Å². The van der Waals surface area contributed by atoms with Crippen LogP contribution in [0.4, 0.5) is 4.39 Å². The second-order valence-corrected chi connectivity index (χ2v) is 4.80. The Labute approximate surface area is 119 Å². The lowest BCUT2D eigenvalue weighted by molar-refractivity contribution is -0.0531. The van der Waals surface area contributed by atoms with E-state index in [0.717, 1.165) is 18.5 Å². The van der Waals surface area contributed by atoms with Crippen LogP contribution in [0.5, 0.6) is 5.75 Å². The van der Waals surface area contributed by atoms with Crippen molar-refractivity contribution in [3.05, 3.63) is 29.6 Å². The molecule has 1 aromatic carbocycles. The normalized spacial score (nSPS) is 17.4. The van der Waals surface area contributed by atoms with E-state index < -0.39 is 0 Å². The van der Waals surface area contributed by atoms with Gasteiger partial charge in [-0.1, -0.05) is 6.92 Å². The second-order valence-electron chi connectivity index (χ2n) is 4.80. The summed E-state index contributed by atoms with van der Waals surface area (Å²) in [5.41, 5.74) is 0.806. The van der Waals surface area contributed by atoms with Gasteiger partial charge in [0.25, 0.3) is 0 Å². The Kier molecular flexibility index (Phi) is 5.76. The van der Waals surface area contributed by atoms with Crippen molar-refractivity contribution in [3.63, 3.8) is 0 Å². The van der Waals surface area contributed by atoms with Crippen molar-refractivity contribution in [2.24, 2.45) is 0 Å². The molecular formula is C15H22FNO3. The molecule has 1 heterocycles. The Balaban J connectivity index is 2.17. The third kappa shape index (κ3) is 3.91. The summed E-state index contributed by atoms with van der Waals surface area (Å²) in [5.74, 6) is 0.412. The van der Waals surface area contributed by atoms with Crippen molar-refractivity contribution in [1.82, 2.24) is 5.32 Å². The molecule has 4 nitrogen and oxygen atoms in total. The van der Waals surface area contributed by atoms with Crippen LogP contribution in [-0.4, -0.2) is 33.2 Å². The first-order valence-corrected chi connectivity index (χ1v) is 7.04. The van der Waals surface area contributed by atoms with E-state index in [1.54, 1.807) is 13.2 Å². The lowest BCUT2D eigenvalue weighted by atomic mass is 10.0. The third-order valence-corrected chi connectivity index (χ3v) is 3.33. The van der Waals surface area contributed by atoms with Gasteiger partial charge in [0, 0.05) is 18.0 Å². The maximum Gasteiger partial charge on any atom is 0.159 e. The van der Waals surface area contributed by atoms with Crippen LogP contribution in [-0.2, 0) is 9.47 Å². The maximum atomic E-state index is 13.5. The SMILES string of the molecule is CCCNC(CC1OCCO1)c1cc(F)ccc1OC. The van der Waals surface area contributed by atoms with E-state index in [-0.39, 0.29) is 18.1 Å². The zero-order valence-electron chi connectivity index (χ0n) is 12.0. The molecule has 0 radical (unpaired) electrons. The fourth-order valence-corrected chi connectivity index (χ4v) is 2.35. The highest BCUT2D eigenvalue weighted by atomic mass is 19.1. The predicted molar refractivity (Wildman–Crippen MR) is 74.3 cm³/mol. The van der Waals surface area contributed by atoms with Gasteiger partial charge in [-0.2, -0.15) is 0 Å². The van der Waals surface area contributed by atoms with E-state index in [4.69, 9.17) is 14.2 Å². The molecule has 112 valence electrons. The van der Waals surface area contributed by atoms with Gasteiger partial charge in [-0.05, 0) is 31.2 Å². The molecular weight excluding hydrogens is 261 g/mol. The summed E-state index contributed by atoms with van der Waals surface area (Å²) < 4.78 is 29.9. The average molecular weight is 283 g/mol. The first-order valence-electron chi connectivity index (χ1n) is 7.04. The van der Waals surface area contributed by atoms with Crippen LogP contribution >= 0.6 is 0 Å². The number of nitrogens with one attached hydrogen (secondary N) is 1. The zero-order chi connectivity index (χ0) is 14.4. The van der Waals surface area contributed by atoms with Gasteiger partial charge in [0.1, 0.15) is 11.6 Å². The molecule has 5 heteroatoms. The summed E-state index contributed by atoms with van der Waals surface area (Å²) in [5, 5.41) is 3.41. The molecule has 0 aliphatic carbocycles. The molecule has 1 aliphatic heterocycles. The van der Waals surface area contributed by atoms with Crippen LogP contribution < -0.4 is 10.1 Å². The summed E-state index contributed by atoms with van der Waals surface area (Å²) in [6.45, 7) is 4.17. The standard InChI is InChI=1S/C15H22FNO3/c1-3-6-17-13(10-15-19-7-8-20-15)12-9-11(16)4-5-14(12)18-2/h4-5,9,13,15,17H,3,6-8,10H2,1-2H3. The van der Waals surface area contributed by atoms with Gasteiger partial charge in [-0.25, -0.2) is 4.39 Å². The summed E-state index contributed by atoms with van der Waals surface area (Å²) in [7, 11) is 1.59. The van der Waals surface area contributed by atoms with Crippen LogP contribution in [0.2, 0.25) is 0 Å². The fraction of sp³-hybridized carbons (Fsp3) is 0.600. The predicted octanol–water partition coefficient (Wildman–Crippen LogP) is 2.64. The highest BCUT2D eigenvalue weighted by Crippen LogP contribution is 2.30. The van der Waals surface area contributed by atoms with E-state index in [0.29, 0.717) is 25.4 Å². The third-order valence-electron chi connectivity index (χ3n) is 3.33. The molecule has 0 saturated carbocycles. The van der Waals surface area contributed by atoms with E-state index in [2.05, 4.69) is 12.2 Å². The molecule has 1 saturated heterocycles. The van der Waals surface area contributed by atoms with Gasteiger partial charge in [0.2, 0.25) is 0 Å². The fourth-order valence-electron chi connectivity index (χ4n) is 2.35. The first-order chi connectivity index (χ1) is 9.74. The molecule has 0 spiro atoms. The number of methoxy groups -OCH3 is 1. The Morgan fingerprint density at radius 2 is 2.15 bits per heavy atom. The average Bonchev–Trinajstić information content (AvgIpc) is 2.96. The maximum absolute atomic E-state index is 13.5. The number of benzene rings is 1. The van der Waals surface area contributed by atoms with Gasteiger partial charge in [0.05, 0.1) is 20.3 Å². The molecule has 1 atom stereocenters. The van der Waals surface area contributed by atoms with E-state index in [1.165, 1.54) is 12.1 Å². The van der Waals surface area contributed by atoms with Crippen molar-refractivity contribution in [2.75, 3.05) is 26.9 Å². The van der Waals surface area contributed by atoms with Crippen LogP contribution in [0.15, 0.2) is 18.2 Å². The largest absolute Gasteiger partial charge is 0.496 e. The van der Waals surface area contributed by atoms with Gasteiger partial charge in [-0.15, -0.1) is 0 Å². The van der Waals surface area contributed by atoms with Crippen LogP contribution in [0.25, 0.3) is 0 Å². The highest BCUT2D eigenvalue weighted by Gasteiger charge is 2.24. The van der Waals surface area contributed by atoms with Crippen molar-refractivity contribution in [2.45, 2.75) is 32.1 Å². The molecule has 1 aliphatic rings. The van der Waals surface area contributed by atoms with Crippen molar-refractivity contribution < 1.29 is 18.6 Å². The molecule has 0 aromatic heterocycles. The Hall–Kier alpha value is -1.17. The second kappa shape index (κ2) is 7.57. The molecule has 1 N–H and O–H groups in total. The van der Waals surface area contributed by atoms with Gasteiger partial charge < -0.3 is 19.5 Å². The minimum atomic E-state index is -0.266. The summed E-state index contributed by atoms with van der Waals surface area (Å²) in [6.07, 6.45) is 1.40. The monoisotopic (exact) mass is 283 g/mol. The van der Waals surface area contributed by atoms with E-state index >= 15 is 0 Å². The van der Waals surface area contributed by atoms with E-state index in [9.17, 15) is 4.39 Å². The lowest BCUT2D eigenvalue weighted by Crippen LogP contribution is -2.27. The van der Waals surface area contributed by atoms with E-state index in [1.807, 2.05) is 0 Å². The van der Waals surface area contributed by atoms with Crippen molar-refractivity contribution in [3.8, 4) is 5.75 Å². The number of hydrogen-bond donors (Lipinski definition) is 1. The quantitative estimate of drug-likeness (QED) is 0.835. The lowest BCUT2D eigenvalue weighted by Gasteiger charge is -2.23. The smallest absolute Gasteiger partial charge is 0.159 e. The Morgan fingerprint density at radius 1 is 1.40 bits per heavy atom. The molecule has 1 aromatic rings. The van der Waals surface area contributed by atoms with Gasteiger partial charge >= 0.3 is 0 Å². The highest BCUT2D eigenvalue weighted by molar-refractivity contribution is 5.36. The van der Waals surface area contributed by atoms with Crippen LogP contribution in [0.1, 0.15) is 31.4 Å². The Morgan fingerprint density at radius 3 is 2.80 bits per heavy atom. The molecule has 2 rings (SSSR count). The number of halogens is 1. The number of hydrogen-bond acceptors (Lipinski definition) is 4. The minimum Gasteiger partial charge on any atom is -0.496 e.